The van der Waals surface area contributed by atoms with E-state index in [-0.39, 0.29) is 17.5 Å². The van der Waals surface area contributed by atoms with Crippen LogP contribution in [-0.2, 0) is 16.6 Å². The Bertz CT molecular complexity index is 461. The number of nitrogens with two attached hydrogens (primary N) is 1. The third kappa shape index (κ3) is 3.31. The Morgan fingerprint density at radius 2 is 2.00 bits per heavy atom. The maximum atomic E-state index is 12.1. The van der Waals surface area contributed by atoms with Crippen molar-refractivity contribution in [2.24, 2.45) is 5.73 Å². The molecule has 6 heteroatoms. The van der Waals surface area contributed by atoms with Crippen LogP contribution >= 0.6 is 0 Å². The number of hydrogen-bond acceptors (Lipinski definition) is 4. The van der Waals surface area contributed by atoms with E-state index in [1.807, 2.05) is 13.8 Å². The first-order chi connectivity index (χ1) is 7.94. The van der Waals surface area contributed by atoms with Gasteiger partial charge in [-0.25, -0.2) is 13.1 Å². The van der Waals surface area contributed by atoms with Gasteiger partial charge in [-0.3, -0.25) is 0 Å². The predicted molar refractivity (Wildman–Crippen MR) is 66.0 cm³/mol. The fourth-order valence-electron chi connectivity index (χ4n) is 1.63. The molecule has 0 aliphatic heterocycles. The second kappa shape index (κ2) is 5.66. The molecule has 0 aromatic carbocycles. The average molecular weight is 260 g/mol. The Labute approximate surface area is 102 Å². The van der Waals surface area contributed by atoms with Gasteiger partial charge in [0.15, 0.2) is 0 Å². The zero-order chi connectivity index (χ0) is 13.1. The number of sulfonamides is 1. The molecule has 0 aliphatic carbocycles. The van der Waals surface area contributed by atoms with E-state index in [9.17, 15) is 8.42 Å². The number of hydrogen-bond donors (Lipinski definition) is 2. The van der Waals surface area contributed by atoms with Gasteiger partial charge >= 0.3 is 0 Å². The molecule has 0 aliphatic rings. The summed E-state index contributed by atoms with van der Waals surface area (Å²) in [6.07, 6.45) is 1.52. The fourth-order valence-corrected chi connectivity index (χ4v) is 3.24. The first kappa shape index (κ1) is 14.2. The molecule has 0 unspecified atom stereocenters. The van der Waals surface area contributed by atoms with Crippen molar-refractivity contribution in [3.63, 3.8) is 0 Å². The van der Waals surface area contributed by atoms with E-state index in [1.165, 1.54) is 6.07 Å². The largest absolute Gasteiger partial charge is 0.464 e. The first-order valence-corrected chi connectivity index (χ1v) is 7.24. The normalized spacial score (nSPS) is 12.3. The van der Waals surface area contributed by atoms with Gasteiger partial charge in [-0.2, -0.15) is 0 Å². The maximum absolute atomic E-state index is 12.1. The molecule has 98 valence electrons. The van der Waals surface area contributed by atoms with Gasteiger partial charge in [0, 0.05) is 12.1 Å². The van der Waals surface area contributed by atoms with Gasteiger partial charge in [-0.15, -0.1) is 0 Å². The Balaban J connectivity index is 3.00. The Hall–Kier alpha value is -0.850. The standard InChI is InChI=1S/C11H20N2O3S/c1-4-9(5-2)13-17(14,15)11-6-10(7-12)16-8(11)3/h6,9,13H,4-5,7,12H2,1-3H3. The van der Waals surface area contributed by atoms with Crippen LogP contribution in [0.25, 0.3) is 0 Å². The van der Waals surface area contributed by atoms with Crippen molar-refractivity contribution >= 4 is 10.0 Å². The Morgan fingerprint density at radius 3 is 2.41 bits per heavy atom. The second-order valence-corrected chi connectivity index (χ2v) is 5.65. The lowest BCUT2D eigenvalue weighted by Gasteiger charge is -2.14. The quantitative estimate of drug-likeness (QED) is 0.812. The summed E-state index contributed by atoms with van der Waals surface area (Å²) in [5.74, 6) is 0.858. The molecular formula is C11H20N2O3S. The minimum Gasteiger partial charge on any atom is -0.464 e. The molecule has 1 aromatic rings. The zero-order valence-corrected chi connectivity index (χ0v) is 11.3. The molecule has 17 heavy (non-hydrogen) atoms. The molecule has 0 saturated heterocycles. The van der Waals surface area contributed by atoms with E-state index in [4.69, 9.17) is 10.2 Å². The lowest BCUT2D eigenvalue weighted by molar-refractivity contribution is 0.477. The van der Waals surface area contributed by atoms with E-state index in [2.05, 4.69) is 4.72 Å². The molecule has 0 radical (unpaired) electrons. The Kier molecular flexibility index (Phi) is 4.73. The first-order valence-electron chi connectivity index (χ1n) is 5.76. The average Bonchev–Trinajstić information content (AvgIpc) is 2.68. The van der Waals surface area contributed by atoms with Crippen LogP contribution in [0.4, 0.5) is 0 Å². The summed E-state index contributed by atoms with van der Waals surface area (Å²) in [5.41, 5.74) is 5.42. The van der Waals surface area contributed by atoms with E-state index >= 15 is 0 Å². The van der Waals surface area contributed by atoms with Crippen LogP contribution < -0.4 is 10.5 Å². The SMILES string of the molecule is CCC(CC)NS(=O)(=O)c1cc(CN)oc1C. The maximum Gasteiger partial charge on any atom is 0.244 e. The van der Waals surface area contributed by atoms with Crippen molar-refractivity contribution in [1.29, 1.82) is 0 Å². The van der Waals surface area contributed by atoms with Crippen LogP contribution in [0.5, 0.6) is 0 Å². The fraction of sp³-hybridized carbons (Fsp3) is 0.636. The number of aryl methyl sites for hydroxylation is 1. The molecule has 0 fully saturated rings. The highest BCUT2D eigenvalue weighted by Gasteiger charge is 2.23. The summed E-state index contributed by atoms with van der Waals surface area (Å²) >= 11 is 0. The number of rotatable bonds is 6. The monoisotopic (exact) mass is 260 g/mol. The minimum atomic E-state index is -3.50. The van der Waals surface area contributed by atoms with Crippen LogP contribution in [-0.4, -0.2) is 14.5 Å². The molecule has 0 saturated carbocycles. The summed E-state index contributed by atoms with van der Waals surface area (Å²) in [4.78, 5) is 0.185. The highest BCUT2D eigenvalue weighted by Crippen LogP contribution is 2.20. The van der Waals surface area contributed by atoms with Crippen molar-refractivity contribution in [3.05, 3.63) is 17.6 Å². The van der Waals surface area contributed by atoms with Crippen molar-refractivity contribution < 1.29 is 12.8 Å². The van der Waals surface area contributed by atoms with Gasteiger partial charge in [-0.05, 0) is 19.8 Å². The highest BCUT2D eigenvalue weighted by atomic mass is 32.2. The van der Waals surface area contributed by atoms with Gasteiger partial charge in [0.25, 0.3) is 0 Å². The number of nitrogens with one attached hydrogen (secondary N) is 1. The topological polar surface area (TPSA) is 85.3 Å². The summed E-state index contributed by atoms with van der Waals surface area (Å²) in [6, 6.07) is 1.44. The number of furan rings is 1. The summed E-state index contributed by atoms with van der Waals surface area (Å²) < 4.78 is 32.1. The molecule has 0 spiro atoms. The minimum absolute atomic E-state index is 0.0457. The third-order valence-corrected chi connectivity index (χ3v) is 4.35. The zero-order valence-electron chi connectivity index (χ0n) is 10.5. The van der Waals surface area contributed by atoms with Gasteiger partial charge in [0.2, 0.25) is 10.0 Å². The van der Waals surface area contributed by atoms with Crippen molar-refractivity contribution in [2.45, 2.75) is 51.1 Å². The van der Waals surface area contributed by atoms with Crippen LogP contribution in [0.3, 0.4) is 0 Å². The third-order valence-electron chi connectivity index (χ3n) is 2.72. The Morgan fingerprint density at radius 1 is 1.41 bits per heavy atom. The molecule has 1 rings (SSSR count). The lowest BCUT2D eigenvalue weighted by Crippen LogP contribution is -2.33. The molecule has 1 heterocycles. The van der Waals surface area contributed by atoms with Crippen molar-refractivity contribution in [2.75, 3.05) is 0 Å². The molecule has 5 nitrogen and oxygen atoms in total. The van der Waals surface area contributed by atoms with Gasteiger partial charge in [0.1, 0.15) is 16.4 Å². The molecule has 3 N–H and O–H groups in total. The molecule has 1 aromatic heterocycles. The smallest absolute Gasteiger partial charge is 0.244 e. The molecule has 0 atom stereocenters. The summed E-state index contributed by atoms with van der Waals surface area (Å²) in [6.45, 7) is 5.72. The second-order valence-electron chi connectivity index (χ2n) is 3.97. The van der Waals surface area contributed by atoms with Crippen LogP contribution in [0.1, 0.15) is 38.2 Å². The lowest BCUT2D eigenvalue weighted by atomic mass is 10.2. The molecule has 0 bridgehead atoms. The molecule has 0 amide bonds. The van der Waals surface area contributed by atoms with E-state index in [1.54, 1.807) is 6.92 Å². The van der Waals surface area contributed by atoms with Crippen molar-refractivity contribution in [1.82, 2.24) is 4.72 Å². The van der Waals surface area contributed by atoms with Gasteiger partial charge in [-0.1, -0.05) is 13.8 Å². The van der Waals surface area contributed by atoms with Crippen molar-refractivity contribution in [3.8, 4) is 0 Å². The van der Waals surface area contributed by atoms with Gasteiger partial charge in [0.05, 0.1) is 6.54 Å². The summed E-state index contributed by atoms with van der Waals surface area (Å²) in [5, 5.41) is 0. The van der Waals surface area contributed by atoms with Crippen LogP contribution in [0, 0.1) is 6.92 Å². The van der Waals surface area contributed by atoms with Crippen LogP contribution in [0.15, 0.2) is 15.4 Å². The van der Waals surface area contributed by atoms with Crippen LogP contribution in [0.2, 0.25) is 0 Å². The van der Waals surface area contributed by atoms with E-state index in [0.717, 1.165) is 12.8 Å². The summed E-state index contributed by atoms with van der Waals surface area (Å²) in [7, 11) is -3.50. The van der Waals surface area contributed by atoms with E-state index in [0.29, 0.717) is 11.5 Å². The predicted octanol–water partition coefficient (Wildman–Crippen LogP) is 1.51. The van der Waals surface area contributed by atoms with E-state index < -0.39 is 10.0 Å². The molecular weight excluding hydrogens is 240 g/mol. The van der Waals surface area contributed by atoms with Gasteiger partial charge < -0.3 is 10.2 Å². The highest BCUT2D eigenvalue weighted by molar-refractivity contribution is 7.89.